The van der Waals surface area contributed by atoms with E-state index in [1.807, 2.05) is 24.3 Å². The maximum atomic E-state index is 5.55. The molecule has 21 heteroatoms. The zero-order chi connectivity index (χ0) is 50.4. The molecule has 6 rings (SSSR count). The Hall–Kier alpha value is -7.84. The molecule has 0 amide bonds. The van der Waals surface area contributed by atoms with Gasteiger partial charge in [0.1, 0.15) is 0 Å². The Balaban J connectivity index is 1.09. The molecule has 0 spiro atoms. The highest BCUT2D eigenvalue weighted by Gasteiger charge is 2.15. The lowest BCUT2D eigenvalue weighted by Gasteiger charge is -2.20. The van der Waals surface area contributed by atoms with Crippen molar-refractivity contribution in [2.24, 2.45) is 16.5 Å². The zero-order valence-electron chi connectivity index (χ0n) is 42.5. The maximum absolute atomic E-state index is 5.55. The van der Waals surface area contributed by atoms with Crippen LogP contribution in [0.3, 0.4) is 0 Å². The number of nitrogens with one attached hydrogen (secondary N) is 6. The summed E-state index contributed by atoms with van der Waals surface area (Å²) in [6.07, 6.45) is 2.12. The predicted molar refractivity (Wildman–Crippen MR) is 289 cm³/mol. The second kappa shape index (κ2) is 27.4. The molecule has 0 aliphatic carbocycles. The van der Waals surface area contributed by atoms with Gasteiger partial charge in [0.15, 0.2) is 5.96 Å². The average molecular weight is 968 g/mol. The number of nitrogens with zero attached hydrogens (tertiary/aromatic N) is 13. The SMILES string of the molecule is CCCCNc1nc(NCc2cccc(CNc3nc(NCc4cccc(CNc5nc(NCc6cccc(CN=C(N)N)c6)nc(N(CC)CC)n5)c4)nc(N(CC)CC)n3)c2)nc(N(CC)CC)n1. The van der Waals surface area contributed by atoms with E-state index in [0.717, 1.165) is 92.0 Å². The van der Waals surface area contributed by atoms with Crippen molar-refractivity contribution in [3.05, 3.63) is 106 Å². The Kier molecular flexibility index (Phi) is 20.3. The van der Waals surface area contributed by atoms with E-state index in [1.165, 1.54) is 0 Å². The number of rotatable bonds is 30. The summed E-state index contributed by atoms with van der Waals surface area (Å²) < 4.78 is 0. The average Bonchev–Trinajstić information content (AvgIpc) is 3.39. The highest BCUT2D eigenvalue weighted by atomic mass is 15.3. The molecule has 0 radical (unpaired) electrons. The number of nitrogens with two attached hydrogens (primary N) is 2. The standard InChI is InChI=1S/C50H73N21/c1-8-15-25-53-42-60-43(64-48(63-42)69(9-2)10-3)55-31-37-21-17-22-38(27-37)32-57-46-62-47(68-50(67-46)71(13-6)14-7)59-34-40-24-18-23-39(28-40)33-58-45-61-44(65-49(66-45)70(11-4)12-5)56-30-36-20-16-19-35(26-36)29-54-41(51)52/h16-24,26-28H,8-15,25,29-34H2,1-7H3,(H4,51,52,54)(H2,53,55,60,63,64)(H2,56,58,61,65,66)(H2,57,59,62,67,68). The first-order valence-electron chi connectivity index (χ1n) is 24.9. The van der Waals surface area contributed by atoms with Gasteiger partial charge in [-0.15, -0.1) is 0 Å². The highest BCUT2D eigenvalue weighted by Crippen LogP contribution is 2.20. The first-order chi connectivity index (χ1) is 34.6. The summed E-state index contributed by atoms with van der Waals surface area (Å²) in [4.78, 5) is 53.3. The summed E-state index contributed by atoms with van der Waals surface area (Å²) in [7, 11) is 0. The number of hydrogen-bond donors (Lipinski definition) is 8. The van der Waals surface area contributed by atoms with Crippen LogP contribution in [0.25, 0.3) is 0 Å². The van der Waals surface area contributed by atoms with Gasteiger partial charge in [-0.2, -0.15) is 44.9 Å². The Bertz CT molecular complexity index is 2590. The Morgan fingerprint density at radius 3 is 0.972 bits per heavy atom. The number of hydrogen-bond acceptors (Lipinski definition) is 19. The van der Waals surface area contributed by atoms with Gasteiger partial charge in [0, 0.05) is 78.5 Å². The van der Waals surface area contributed by atoms with Crippen LogP contribution in [-0.2, 0) is 39.3 Å². The van der Waals surface area contributed by atoms with Gasteiger partial charge >= 0.3 is 0 Å². The molecule has 0 aliphatic rings. The van der Waals surface area contributed by atoms with Gasteiger partial charge in [0.25, 0.3) is 0 Å². The van der Waals surface area contributed by atoms with Crippen molar-refractivity contribution in [2.45, 2.75) is 101 Å². The summed E-state index contributed by atoms with van der Waals surface area (Å²) in [6, 6.07) is 24.8. The number of unbranched alkanes of at least 4 members (excludes halogenated alkanes) is 1. The summed E-state index contributed by atoms with van der Waals surface area (Å²) >= 11 is 0. The smallest absolute Gasteiger partial charge is 0.231 e. The van der Waals surface area contributed by atoms with Gasteiger partial charge in [-0.25, -0.2) is 4.99 Å². The normalized spacial score (nSPS) is 10.9. The molecule has 3 heterocycles. The van der Waals surface area contributed by atoms with Crippen molar-refractivity contribution in [3.8, 4) is 0 Å². The Labute approximate surface area is 418 Å². The van der Waals surface area contributed by atoms with E-state index in [2.05, 4.69) is 159 Å². The molecule has 21 nitrogen and oxygen atoms in total. The lowest BCUT2D eigenvalue weighted by atomic mass is 10.1. The van der Waals surface area contributed by atoms with Crippen LogP contribution >= 0.6 is 0 Å². The van der Waals surface area contributed by atoms with E-state index in [1.54, 1.807) is 0 Å². The van der Waals surface area contributed by atoms with E-state index >= 15 is 0 Å². The molecule has 0 bridgehead atoms. The fraction of sp³-hybridized carbons (Fsp3) is 0.440. The first-order valence-corrected chi connectivity index (χ1v) is 24.9. The van der Waals surface area contributed by atoms with Crippen LogP contribution in [0.2, 0.25) is 0 Å². The van der Waals surface area contributed by atoms with E-state index in [9.17, 15) is 0 Å². The number of aliphatic imine (C=N–C) groups is 1. The van der Waals surface area contributed by atoms with E-state index in [0.29, 0.717) is 92.8 Å². The van der Waals surface area contributed by atoms with Gasteiger partial charge in [0.2, 0.25) is 53.5 Å². The zero-order valence-corrected chi connectivity index (χ0v) is 42.5. The minimum absolute atomic E-state index is 0.0606. The Morgan fingerprint density at radius 2 is 0.690 bits per heavy atom. The van der Waals surface area contributed by atoms with Crippen molar-refractivity contribution in [1.82, 2.24) is 44.9 Å². The lowest BCUT2D eigenvalue weighted by Crippen LogP contribution is -2.25. The highest BCUT2D eigenvalue weighted by molar-refractivity contribution is 5.75. The molecule has 10 N–H and O–H groups in total. The molecule has 0 fully saturated rings. The molecule has 3 aromatic carbocycles. The van der Waals surface area contributed by atoms with Crippen molar-refractivity contribution in [1.29, 1.82) is 0 Å². The quantitative estimate of drug-likeness (QED) is 0.0131. The first kappa shape index (κ1) is 52.5. The minimum atomic E-state index is 0.0606. The molecular weight excluding hydrogens is 895 g/mol. The second-order valence-corrected chi connectivity index (χ2v) is 16.6. The molecular formula is C50H73N21. The summed E-state index contributed by atoms with van der Waals surface area (Å²) in [5.74, 6) is 4.93. The third kappa shape index (κ3) is 16.4. The molecule has 0 saturated carbocycles. The predicted octanol–water partition coefficient (Wildman–Crippen LogP) is 6.83. The molecule has 0 saturated heterocycles. The van der Waals surface area contributed by atoms with Crippen LogP contribution in [-0.4, -0.2) is 96.6 Å². The summed E-state index contributed by atoms with van der Waals surface area (Å²) in [6.45, 7) is 23.1. The molecule has 378 valence electrons. The lowest BCUT2D eigenvalue weighted by molar-refractivity contribution is 0.799. The largest absolute Gasteiger partial charge is 0.370 e. The number of anilines is 9. The number of benzene rings is 3. The van der Waals surface area contributed by atoms with Crippen LogP contribution in [0.4, 0.5) is 53.5 Å². The van der Waals surface area contributed by atoms with Gasteiger partial charge in [-0.1, -0.05) is 86.1 Å². The van der Waals surface area contributed by atoms with Crippen LogP contribution in [0.1, 0.15) is 94.7 Å². The fourth-order valence-corrected chi connectivity index (χ4v) is 7.51. The Morgan fingerprint density at radius 1 is 0.408 bits per heavy atom. The summed E-state index contributed by atoms with van der Waals surface area (Å²) in [5, 5.41) is 20.5. The van der Waals surface area contributed by atoms with Crippen LogP contribution in [0, 0.1) is 0 Å². The van der Waals surface area contributed by atoms with Crippen LogP contribution in [0.5, 0.6) is 0 Å². The third-order valence-corrected chi connectivity index (χ3v) is 11.5. The maximum Gasteiger partial charge on any atom is 0.231 e. The van der Waals surface area contributed by atoms with Crippen molar-refractivity contribution in [3.63, 3.8) is 0 Å². The minimum Gasteiger partial charge on any atom is -0.370 e. The van der Waals surface area contributed by atoms with Crippen molar-refractivity contribution >= 4 is 59.5 Å². The van der Waals surface area contributed by atoms with E-state index in [-0.39, 0.29) is 5.96 Å². The molecule has 3 aromatic heterocycles. The second-order valence-electron chi connectivity index (χ2n) is 16.6. The molecule has 71 heavy (non-hydrogen) atoms. The van der Waals surface area contributed by atoms with Gasteiger partial charge in [-0.05, 0) is 81.3 Å². The molecule has 0 aliphatic heterocycles. The summed E-state index contributed by atoms with van der Waals surface area (Å²) in [5.41, 5.74) is 17.4. The monoisotopic (exact) mass is 968 g/mol. The molecule has 0 atom stereocenters. The van der Waals surface area contributed by atoms with E-state index in [4.69, 9.17) is 46.4 Å². The van der Waals surface area contributed by atoms with Crippen molar-refractivity contribution in [2.75, 3.05) is 92.4 Å². The molecule has 0 unspecified atom stereocenters. The van der Waals surface area contributed by atoms with Crippen molar-refractivity contribution < 1.29 is 0 Å². The van der Waals surface area contributed by atoms with Crippen LogP contribution < -0.4 is 58.1 Å². The number of aromatic nitrogens is 9. The third-order valence-electron chi connectivity index (χ3n) is 11.5. The number of guanidine groups is 1. The van der Waals surface area contributed by atoms with Crippen LogP contribution in [0.15, 0.2) is 77.8 Å². The van der Waals surface area contributed by atoms with Gasteiger partial charge < -0.3 is 58.1 Å². The van der Waals surface area contributed by atoms with E-state index < -0.39 is 0 Å². The van der Waals surface area contributed by atoms with Gasteiger partial charge in [0.05, 0.1) is 6.54 Å². The fourth-order valence-electron chi connectivity index (χ4n) is 7.51. The molecule has 6 aromatic rings. The topological polar surface area (TPSA) is 262 Å². The van der Waals surface area contributed by atoms with Gasteiger partial charge in [-0.3, -0.25) is 0 Å².